The van der Waals surface area contributed by atoms with Crippen LogP contribution < -0.4 is 5.73 Å². The maximum Gasteiger partial charge on any atom is 0.0328 e. The Bertz CT molecular complexity index is 266. The fraction of sp³-hybridized carbons (Fsp3) is 1.00. The quantitative estimate of drug-likeness (QED) is 0.761. The molecule has 0 aromatic heterocycles. The monoisotopic (exact) mass is 252 g/mol. The molecule has 0 saturated heterocycles. The number of nitrogens with two attached hydrogens (primary N) is 1. The van der Waals surface area contributed by atoms with Crippen LogP contribution in [0, 0.1) is 17.8 Å². The highest BCUT2D eigenvalue weighted by Crippen LogP contribution is 2.41. The van der Waals surface area contributed by atoms with Crippen molar-refractivity contribution in [2.75, 3.05) is 20.1 Å². The third kappa shape index (κ3) is 3.08. The van der Waals surface area contributed by atoms with Crippen LogP contribution in [-0.4, -0.2) is 30.6 Å². The van der Waals surface area contributed by atoms with Crippen molar-refractivity contribution in [2.45, 2.75) is 64.3 Å². The van der Waals surface area contributed by atoms with Crippen LogP contribution in [0.3, 0.4) is 0 Å². The van der Waals surface area contributed by atoms with Gasteiger partial charge in [0.15, 0.2) is 0 Å². The maximum absolute atomic E-state index is 6.18. The molecule has 0 amide bonds. The molecule has 2 aliphatic rings. The molecule has 4 atom stereocenters. The van der Waals surface area contributed by atoms with E-state index >= 15 is 0 Å². The van der Waals surface area contributed by atoms with Crippen LogP contribution >= 0.6 is 0 Å². The van der Waals surface area contributed by atoms with E-state index in [1.165, 1.54) is 51.5 Å². The first-order valence-corrected chi connectivity index (χ1v) is 8.02. The van der Waals surface area contributed by atoms with Crippen molar-refractivity contribution in [3.05, 3.63) is 0 Å². The van der Waals surface area contributed by atoms with Crippen LogP contribution in [0.5, 0.6) is 0 Å². The molecular formula is C16H32N2. The molecule has 2 aliphatic carbocycles. The van der Waals surface area contributed by atoms with E-state index in [-0.39, 0.29) is 0 Å². The first kappa shape index (κ1) is 14.3. The number of hydrogen-bond donors (Lipinski definition) is 1. The molecule has 0 aromatic carbocycles. The third-order valence-electron chi connectivity index (χ3n) is 5.82. The zero-order chi connectivity index (χ0) is 13.2. The number of nitrogens with zero attached hydrogens (tertiary/aromatic N) is 1. The van der Waals surface area contributed by atoms with E-state index in [0.29, 0.717) is 5.54 Å². The van der Waals surface area contributed by atoms with Gasteiger partial charge in [-0.05, 0) is 50.5 Å². The van der Waals surface area contributed by atoms with Crippen LogP contribution in [0.1, 0.15) is 58.8 Å². The molecule has 2 N–H and O–H groups in total. The van der Waals surface area contributed by atoms with Gasteiger partial charge in [0.2, 0.25) is 0 Å². The average molecular weight is 252 g/mol. The van der Waals surface area contributed by atoms with Gasteiger partial charge in [-0.15, -0.1) is 0 Å². The van der Waals surface area contributed by atoms with Crippen molar-refractivity contribution in [3.63, 3.8) is 0 Å². The van der Waals surface area contributed by atoms with Crippen LogP contribution in [-0.2, 0) is 0 Å². The Morgan fingerprint density at radius 2 is 2.00 bits per heavy atom. The summed E-state index contributed by atoms with van der Waals surface area (Å²) < 4.78 is 0. The minimum absolute atomic E-state index is 0.312. The summed E-state index contributed by atoms with van der Waals surface area (Å²) in [4.78, 5) is 2.62. The predicted molar refractivity (Wildman–Crippen MR) is 78.6 cm³/mol. The normalized spacial score (nSPS) is 40.8. The summed E-state index contributed by atoms with van der Waals surface area (Å²) in [7, 11) is 2.32. The Balaban J connectivity index is 1.95. The van der Waals surface area contributed by atoms with Gasteiger partial charge < -0.3 is 5.73 Å². The lowest BCUT2D eigenvalue weighted by Crippen LogP contribution is -2.52. The van der Waals surface area contributed by atoms with Crippen molar-refractivity contribution in [2.24, 2.45) is 23.5 Å². The first-order valence-electron chi connectivity index (χ1n) is 8.02. The van der Waals surface area contributed by atoms with E-state index in [9.17, 15) is 0 Å². The highest BCUT2D eigenvalue weighted by atomic mass is 15.2. The van der Waals surface area contributed by atoms with E-state index in [1.54, 1.807) is 0 Å². The summed E-state index contributed by atoms with van der Waals surface area (Å²) in [6.07, 6.45) is 9.61. The van der Waals surface area contributed by atoms with Crippen LogP contribution in [0.25, 0.3) is 0 Å². The molecule has 0 aromatic rings. The first-order chi connectivity index (χ1) is 8.61. The Hall–Kier alpha value is -0.0800. The highest BCUT2D eigenvalue weighted by Gasteiger charge is 2.40. The molecule has 0 heterocycles. The molecular weight excluding hydrogens is 220 g/mol. The van der Waals surface area contributed by atoms with E-state index in [2.05, 4.69) is 25.8 Å². The average Bonchev–Trinajstić information content (AvgIpc) is 3.10. The molecule has 0 bridgehead atoms. The molecule has 18 heavy (non-hydrogen) atoms. The number of hydrogen-bond acceptors (Lipinski definition) is 2. The van der Waals surface area contributed by atoms with Crippen LogP contribution in [0.2, 0.25) is 0 Å². The topological polar surface area (TPSA) is 29.3 Å². The maximum atomic E-state index is 6.18. The van der Waals surface area contributed by atoms with E-state index in [0.717, 1.165) is 24.3 Å². The third-order valence-corrected chi connectivity index (χ3v) is 5.82. The van der Waals surface area contributed by atoms with E-state index < -0.39 is 0 Å². The lowest BCUT2D eigenvalue weighted by Gasteiger charge is -2.41. The molecule has 0 aliphatic heterocycles. The summed E-state index contributed by atoms with van der Waals surface area (Å²) in [5.74, 6) is 2.85. The van der Waals surface area contributed by atoms with Crippen molar-refractivity contribution in [1.82, 2.24) is 4.90 Å². The van der Waals surface area contributed by atoms with Crippen molar-refractivity contribution in [3.8, 4) is 0 Å². The summed E-state index contributed by atoms with van der Waals surface area (Å²) >= 11 is 0. The molecule has 106 valence electrons. The molecule has 2 rings (SSSR count). The van der Waals surface area contributed by atoms with Crippen LogP contribution in [0.4, 0.5) is 0 Å². The highest BCUT2D eigenvalue weighted by molar-refractivity contribution is 4.96. The van der Waals surface area contributed by atoms with Gasteiger partial charge >= 0.3 is 0 Å². The number of rotatable bonds is 5. The Labute approximate surface area is 113 Å². The lowest BCUT2D eigenvalue weighted by molar-refractivity contribution is 0.0992. The van der Waals surface area contributed by atoms with Gasteiger partial charge in [0.1, 0.15) is 0 Å². The lowest BCUT2D eigenvalue weighted by atomic mass is 9.87. The molecule has 2 saturated carbocycles. The van der Waals surface area contributed by atoms with Crippen molar-refractivity contribution in [1.29, 1.82) is 0 Å². The van der Waals surface area contributed by atoms with Gasteiger partial charge in [-0.2, -0.15) is 0 Å². The second-order valence-corrected chi connectivity index (χ2v) is 6.99. The van der Waals surface area contributed by atoms with Gasteiger partial charge in [-0.25, -0.2) is 0 Å². The Morgan fingerprint density at radius 3 is 2.56 bits per heavy atom. The smallest absolute Gasteiger partial charge is 0.0328 e. The molecule has 0 radical (unpaired) electrons. The predicted octanol–water partition coefficient (Wildman–Crippen LogP) is 3.26. The van der Waals surface area contributed by atoms with Gasteiger partial charge in [0, 0.05) is 18.6 Å². The zero-order valence-corrected chi connectivity index (χ0v) is 12.6. The molecule has 4 unspecified atom stereocenters. The minimum atomic E-state index is 0.312. The molecule has 2 fully saturated rings. The van der Waals surface area contributed by atoms with E-state index in [4.69, 9.17) is 5.73 Å². The fourth-order valence-corrected chi connectivity index (χ4v) is 3.81. The second kappa shape index (κ2) is 5.92. The molecule has 2 heteroatoms. The second-order valence-electron chi connectivity index (χ2n) is 6.99. The minimum Gasteiger partial charge on any atom is -0.329 e. The summed E-state index contributed by atoms with van der Waals surface area (Å²) in [6.45, 7) is 6.85. The van der Waals surface area contributed by atoms with E-state index in [1.807, 2.05) is 0 Å². The summed E-state index contributed by atoms with van der Waals surface area (Å²) in [5.41, 5.74) is 6.50. The number of likely N-dealkylation sites (N-methyl/N-ethyl adjacent to an activating group) is 1. The fourth-order valence-electron chi connectivity index (χ4n) is 3.81. The van der Waals surface area contributed by atoms with Gasteiger partial charge in [0.25, 0.3) is 0 Å². The van der Waals surface area contributed by atoms with Gasteiger partial charge in [-0.3, -0.25) is 4.90 Å². The molecule has 2 nitrogen and oxygen atoms in total. The van der Waals surface area contributed by atoms with Crippen molar-refractivity contribution >= 4 is 0 Å². The Morgan fingerprint density at radius 1 is 1.28 bits per heavy atom. The largest absolute Gasteiger partial charge is 0.329 e. The standard InChI is InChI=1S/C16H32N2/c1-4-14-6-5-8-16(12-17,9-7-14)18(3)11-15-10-13(15)2/h13-15H,4-12,17H2,1-3H3. The van der Waals surface area contributed by atoms with Crippen molar-refractivity contribution < 1.29 is 0 Å². The summed E-state index contributed by atoms with van der Waals surface area (Å²) in [5, 5.41) is 0. The molecule has 0 spiro atoms. The van der Waals surface area contributed by atoms with Crippen LogP contribution in [0.15, 0.2) is 0 Å². The van der Waals surface area contributed by atoms with Gasteiger partial charge in [0.05, 0.1) is 0 Å². The Kier molecular flexibility index (Phi) is 4.71. The SMILES string of the molecule is CCC1CCCC(CN)(N(C)CC2CC2C)CC1. The zero-order valence-electron chi connectivity index (χ0n) is 12.6. The van der Waals surface area contributed by atoms with Gasteiger partial charge in [-0.1, -0.05) is 33.1 Å². The summed E-state index contributed by atoms with van der Waals surface area (Å²) in [6, 6.07) is 0.